The van der Waals surface area contributed by atoms with Gasteiger partial charge in [-0.05, 0) is 83.9 Å². The predicted octanol–water partition coefficient (Wildman–Crippen LogP) is 8.99. The second-order valence-corrected chi connectivity index (χ2v) is 9.54. The van der Waals surface area contributed by atoms with Crippen LogP contribution in [0.25, 0.3) is 0 Å². The summed E-state index contributed by atoms with van der Waals surface area (Å²) < 4.78 is 22.3. The van der Waals surface area contributed by atoms with E-state index in [0.29, 0.717) is 11.8 Å². The summed E-state index contributed by atoms with van der Waals surface area (Å²) >= 11 is 0. The number of benzene rings is 4. The Balaban J connectivity index is 1.40. The normalized spacial score (nSPS) is 12.2. The third kappa shape index (κ3) is 7.26. The molecule has 0 N–H and O–H groups in total. The highest BCUT2D eigenvalue weighted by Gasteiger charge is 2.23. The first-order chi connectivity index (χ1) is 18.8. The van der Waals surface area contributed by atoms with Crippen molar-refractivity contribution in [1.82, 2.24) is 0 Å². The van der Waals surface area contributed by atoms with Crippen LogP contribution < -0.4 is 9.47 Å². The highest BCUT2D eigenvalue weighted by Crippen LogP contribution is 2.35. The van der Waals surface area contributed by atoms with Gasteiger partial charge in [-0.15, -0.1) is 0 Å². The maximum Gasteiger partial charge on any atom is 0.184 e. The number of nitrogens with zero attached hydrogens (tertiary/aromatic N) is 2. The summed E-state index contributed by atoms with van der Waals surface area (Å²) in [6.45, 7) is 8.05. The van der Waals surface area contributed by atoms with Gasteiger partial charge in [-0.1, -0.05) is 38.1 Å². The van der Waals surface area contributed by atoms with Crippen LogP contribution in [-0.4, -0.2) is 26.0 Å². The van der Waals surface area contributed by atoms with Crippen LogP contribution in [0.2, 0.25) is 0 Å². The predicted molar refractivity (Wildman–Crippen MR) is 158 cm³/mol. The molecule has 0 aliphatic rings. The lowest BCUT2D eigenvalue weighted by Gasteiger charge is -2.26. The van der Waals surface area contributed by atoms with Gasteiger partial charge in [0.15, 0.2) is 11.8 Å². The van der Waals surface area contributed by atoms with Crippen molar-refractivity contribution >= 4 is 23.2 Å². The van der Waals surface area contributed by atoms with E-state index in [2.05, 4.69) is 48.1 Å². The molecule has 0 saturated carbocycles. The van der Waals surface area contributed by atoms with Crippen LogP contribution in [-0.2, 0) is 14.9 Å². The van der Waals surface area contributed by atoms with Gasteiger partial charge in [0.05, 0.1) is 25.6 Å². The molecule has 4 rings (SSSR count). The zero-order valence-electron chi connectivity index (χ0n) is 23.3. The van der Waals surface area contributed by atoms with Crippen molar-refractivity contribution in [2.45, 2.75) is 33.1 Å². The van der Waals surface area contributed by atoms with E-state index >= 15 is 0 Å². The van der Waals surface area contributed by atoms with Crippen LogP contribution in [0.1, 0.15) is 38.8 Å². The van der Waals surface area contributed by atoms with Crippen molar-refractivity contribution in [3.05, 3.63) is 108 Å². The standard InChI is InChI=1S/C33H34N2O4/c1-23(36-5)34-27-11-19-31(20-12-27)38-29-15-7-25(8-16-29)33(3,4)26-9-17-30(18-10-26)39-32-21-13-28(14-22-32)35-24(2)37-6/h7-22H,1-6H3. The van der Waals surface area contributed by atoms with E-state index in [9.17, 15) is 0 Å². The molecule has 0 aliphatic carbocycles. The van der Waals surface area contributed by atoms with Gasteiger partial charge in [-0.3, -0.25) is 0 Å². The molecule has 6 nitrogen and oxygen atoms in total. The Kier molecular flexibility index (Phi) is 8.67. The molecule has 0 aromatic heterocycles. The minimum atomic E-state index is -0.200. The Morgan fingerprint density at radius 1 is 0.487 bits per heavy atom. The lowest BCUT2D eigenvalue weighted by molar-refractivity contribution is 0.400. The second-order valence-electron chi connectivity index (χ2n) is 9.54. The average molecular weight is 523 g/mol. The molecule has 0 spiro atoms. The van der Waals surface area contributed by atoms with E-state index in [4.69, 9.17) is 18.9 Å². The molecule has 6 heteroatoms. The molecule has 0 bridgehead atoms. The van der Waals surface area contributed by atoms with Gasteiger partial charge in [0.2, 0.25) is 0 Å². The zero-order valence-corrected chi connectivity index (χ0v) is 23.3. The van der Waals surface area contributed by atoms with E-state index in [1.807, 2.05) is 86.6 Å². The molecule has 0 unspecified atom stereocenters. The molecular formula is C33H34N2O4. The van der Waals surface area contributed by atoms with E-state index in [0.717, 1.165) is 34.4 Å². The number of methoxy groups -OCH3 is 2. The Hall–Kier alpha value is -4.58. The number of aliphatic imine (C=N–C) groups is 2. The van der Waals surface area contributed by atoms with Crippen molar-refractivity contribution in [3.63, 3.8) is 0 Å². The summed E-state index contributed by atoms with van der Waals surface area (Å²) in [4.78, 5) is 8.71. The summed E-state index contributed by atoms with van der Waals surface area (Å²) in [6.07, 6.45) is 0. The van der Waals surface area contributed by atoms with Gasteiger partial charge < -0.3 is 18.9 Å². The monoisotopic (exact) mass is 522 g/mol. The summed E-state index contributed by atoms with van der Waals surface area (Å²) in [5.41, 5.74) is 3.80. The fourth-order valence-electron chi connectivity index (χ4n) is 3.95. The number of rotatable bonds is 8. The van der Waals surface area contributed by atoms with Crippen molar-refractivity contribution in [1.29, 1.82) is 0 Å². The first-order valence-corrected chi connectivity index (χ1v) is 12.7. The van der Waals surface area contributed by atoms with Gasteiger partial charge in [0.25, 0.3) is 0 Å². The Bertz CT molecular complexity index is 1310. The lowest BCUT2D eigenvalue weighted by atomic mass is 9.78. The molecule has 0 radical (unpaired) electrons. The van der Waals surface area contributed by atoms with Crippen LogP contribution in [0.3, 0.4) is 0 Å². The van der Waals surface area contributed by atoms with Gasteiger partial charge in [0.1, 0.15) is 23.0 Å². The molecule has 0 atom stereocenters. The van der Waals surface area contributed by atoms with Crippen molar-refractivity contribution in [3.8, 4) is 23.0 Å². The summed E-state index contributed by atoms with van der Waals surface area (Å²) in [5, 5.41) is 0. The third-order valence-corrected chi connectivity index (χ3v) is 6.46. The van der Waals surface area contributed by atoms with E-state index in [1.54, 1.807) is 14.2 Å². The summed E-state index contributed by atoms with van der Waals surface area (Å²) in [7, 11) is 3.21. The quantitative estimate of drug-likeness (QED) is 0.171. The Morgan fingerprint density at radius 3 is 1.05 bits per heavy atom. The molecule has 4 aromatic carbocycles. The minimum absolute atomic E-state index is 0.200. The SMILES string of the molecule is COC(C)=Nc1ccc(Oc2ccc(C(C)(C)c3ccc(Oc4ccc(N=C(C)OC)cc4)cc3)cc2)cc1. The van der Waals surface area contributed by atoms with Crippen LogP contribution >= 0.6 is 0 Å². The molecule has 39 heavy (non-hydrogen) atoms. The maximum atomic E-state index is 6.03. The first-order valence-electron chi connectivity index (χ1n) is 12.7. The fourth-order valence-corrected chi connectivity index (χ4v) is 3.95. The molecular weight excluding hydrogens is 488 g/mol. The van der Waals surface area contributed by atoms with Crippen LogP contribution in [0.5, 0.6) is 23.0 Å². The lowest BCUT2D eigenvalue weighted by Crippen LogP contribution is -2.18. The Morgan fingerprint density at radius 2 is 0.769 bits per heavy atom. The molecule has 200 valence electrons. The largest absolute Gasteiger partial charge is 0.484 e. The molecule has 0 heterocycles. The fraction of sp³-hybridized carbons (Fsp3) is 0.212. The Labute approximate surface area is 230 Å². The van der Waals surface area contributed by atoms with Gasteiger partial charge >= 0.3 is 0 Å². The number of hydrogen-bond acceptors (Lipinski definition) is 6. The molecule has 4 aromatic rings. The molecule has 0 amide bonds. The molecule has 0 fully saturated rings. The number of ether oxygens (including phenoxy) is 4. The van der Waals surface area contributed by atoms with Gasteiger partial charge in [-0.2, -0.15) is 0 Å². The third-order valence-electron chi connectivity index (χ3n) is 6.46. The maximum absolute atomic E-state index is 6.03. The van der Waals surface area contributed by atoms with Crippen molar-refractivity contribution in [2.24, 2.45) is 9.98 Å². The zero-order chi connectivity index (χ0) is 27.8. The van der Waals surface area contributed by atoms with E-state index in [1.165, 1.54) is 11.1 Å². The minimum Gasteiger partial charge on any atom is -0.484 e. The highest BCUT2D eigenvalue weighted by atomic mass is 16.5. The van der Waals surface area contributed by atoms with E-state index < -0.39 is 0 Å². The highest BCUT2D eigenvalue weighted by molar-refractivity contribution is 5.77. The summed E-state index contributed by atoms with van der Waals surface area (Å²) in [6, 6.07) is 31.6. The second kappa shape index (κ2) is 12.3. The van der Waals surface area contributed by atoms with Crippen molar-refractivity contribution in [2.75, 3.05) is 14.2 Å². The first kappa shape index (κ1) is 27.5. The molecule has 0 aliphatic heterocycles. The van der Waals surface area contributed by atoms with Crippen LogP contribution in [0.4, 0.5) is 11.4 Å². The molecule has 0 saturated heterocycles. The van der Waals surface area contributed by atoms with Gasteiger partial charge in [-0.25, -0.2) is 9.98 Å². The van der Waals surface area contributed by atoms with Gasteiger partial charge in [0, 0.05) is 19.3 Å². The van der Waals surface area contributed by atoms with E-state index in [-0.39, 0.29) is 5.41 Å². The topological polar surface area (TPSA) is 61.6 Å². The van der Waals surface area contributed by atoms with Crippen LogP contribution in [0.15, 0.2) is 107 Å². The van der Waals surface area contributed by atoms with Crippen LogP contribution in [0, 0.1) is 0 Å². The smallest absolute Gasteiger partial charge is 0.184 e. The summed E-state index contributed by atoms with van der Waals surface area (Å²) in [5.74, 6) is 4.27. The average Bonchev–Trinajstić information content (AvgIpc) is 2.95. The number of hydrogen-bond donors (Lipinski definition) is 0. The van der Waals surface area contributed by atoms with Crippen molar-refractivity contribution < 1.29 is 18.9 Å².